The first kappa shape index (κ1) is 15.0. The monoisotopic (exact) mass is 346 g/mol. The van der Waals surface area contributed by atoms with Crippen molar-refractivity contribution in [2.75, 3.05) is 33.4 Å². The Balaban J connectivity index is 2.03. The van der Waals surface area contributed by atoms with E-state index in [1.165, 1.54) is 17.8 Å². The van der Waals surface area contributed by atoms with E-state index in [1.807, 2.05) is 16.3 Å². The van der Waals surface area contributed by atoms with E-state index in [2.05, 4.69) is 21.2 Å². The zero-order chi connectivity index (χ0) is 13.7. The molecule has 1 aromatic heterocycles. The van der Waals surface area contributed by atoms with E-state index >= 15 is 0 Å². The number of ether oxygens (including phenoxy) is 1. The molecule has 0 aromatic carbocycles. The van der Waals surface area contributed by atoms with Crippen LogP contribution in [0, 0.1) is 0 Å². The molecule has 2 heterocycles. The summed E-state index contributed by atoms with van der Waals surface area (Å²) in [5.41, 5.74) is 0. The molecule has 0 saturated carbocycles. The van der Waals surface area contributed by atoms with E-state index in [4.69, 9.17) is 4.74 Å². The molecular formula is C13H19BrN2O2S. The summed E-state index contributed by atoms with van der Waals surface area (Å²) < 4.78 is 5.99. The summed E-state index contributed by atoms with van der Waals surface area (Å²) in [5, 5.41) is 5.37. The number of hydrogen-bond donors (Lipinski definition) is 1. The van der Waals surface area contributed by atoms with Gasteiger partial charge in [-0.3, -0.25) is 4.79 Å². The van der Waals surface area contributed by atoms with Gasteiger partial charge in [-0.05, 0) is 46.8 Å². The molecule has 0 radical (unpaired) electrons. The van der Waals surface area contributed by atoms with Crippen molar-refractivity contribution in [3.8, 4) is 0 Å². The number of amides is 1. The number of carbonyl (C=O) groups excluding carboxylic acids is 1. The van der Waals surface area contributed by atoms with Gasteiger partial charge in [-0.15, -0.1) is 11.3 Å². The summed E-state index contributed by atoms with van der Waals surface area (Å²) in [6, 6.07) is 2.33. The van der Waals surface area contributed by atoms with Gasteiger partial charge in [0.2, 0.25) is 0 Å². The van der Waals surface area contributed by atoms with E-state index in [0.717, 1.165) is 28.9 Å². The zero-order valence-corrected chi connectivity index (χ0v) is 13.4. The minimum Gasteiger partial charge on any atom is -0.383 e. The lowest BCUT2D eigenvalue weighted by molar-refractivity contribution is 0.0683. The molecule has 0 spiro atoms. The van der Waals surface area contributed by atoms with E-state index in [9.17, 15) is 4.79 Å². The van der Waals surface area contributed by atoms with Crippen LogP contribution in [0.1, 0.15) is 22.5 Å². The van der Waals surface area contributed by atoms with Crippen LogP contribution in [0.5, 0.6) is 0 Å². The molecule has 1 amide bonds. The maximum Gasteiger partial charge on any atom is 0.265 e. The fourth-order valence-corrected chi connectivity index (χ4v) is 3.75. The smallest absolute Gasteiger partial charge is 0.265 e. The van der Waals surface area contributed by atoms with Crippen molar-refractivity contribution >= 4 is 33.2 Å². The molecule has 1 aliphatic rings. The number of carbonyl (C=O) groups is 1. The number of thiophene rings is 1. The Labute approximate surface area is 126 Å². The van der Waals surface area contributed by atoms with Crippen molar-refractivity contribution in [3.05, 3.63) is 20.8 Å². The van der Waals surface area contributed by atoms with E-state index in [-0.39, 0.29) is 5.91 Å². The topological polar surface area (TPSA) is 41.6 Å². The second-order valence-corrected chi connectivity index (χ2v) is 6.41. The van der Waals surface area contributed by atoms with Crippen LogP contribution >= 0.6 is 27.3 Å². The Hall–Kier alpha value is -0.430. The average Bonchev–Trinajstić information content (AvgIpc) is 3.05. The van der Waals surface area contributed by atoms with Crippen molar-refractivity contribution in [1.82, 2.24) is 10.2 Å². The van der Waals surface area contributed by atoms with Crippen molar-refractivity contribution in [2.45, 2.75) is 18.9 Å². The summed E-state index contributed by atoms with van der Waals surface area (Å²) in [4.78, 5) is 15.2. The minimum atomic E-state index is 0.0904. The van der Waals surface area contributed by atoms with Gasteiger partial charge in [-0.25, -0.2) is 0 Å². The van der Waals surface area contributed by atoms with Gasteiger partial charge < -0.3 is 15.0 Å². The normalized spacial score (nSPS) is 18.7. The zero-order valence-electron chi connectivity index (χ0n) is 11.0. The van der Waals surface area contributed by atoms with Crippen LogP contribution < -0.4 is 5.32 Å². The number of rotatable bonds is 6. The van der Waals surface area contributed by atoms with Gasteiger partial charge in [0.05, 0.1) is 6.61 Å². The average molecular weight is 347 g/mol. The Bertz CT molecular complexity index is 419. The Morgan fingerprint density at radius 1 is 1.68 bits per heavy atom. The molecule has 6 heteroatoms. The number of halogens is 1. The molecule has 2 rings (SSSR count). The Morgan fingerprint density at radius 2 is 2.53 bits per heavy atom. The maximum absolute atomic E-state index is 12.5. The molecule has 0 bridgehead atoms. The molecule has 1 atom stereocenters. The second kappa shape index (κ2) is 7.38. The third-order valence-corrected chi connectivity index (χ3v) is 5.09. The Kier molecular flexibility index (Phi) is 5.81. The van der Waals surface area contributed by atoms with E-state index in [0.29, 0.717) is 19.2 Å². The summed E-state index contributed by atoms with van der Waals surface area (Å²) >= 11 is 4.91. The largest absolute Gasteiger partial charge is 0.383 e. The molecule has 19 heavy (non-hydrogen) atoms. The SMILES string of the molecule is COCCN(CC1CCCN1)C(=O)c1sccc1Br. The van der Waals surface area contributed by atoms with Crippen molar-refractivity contribution in [2.24, 2.45) is 0 Å². The summed E-state index contributed by atoms with van der Waals surface area (Å²) in [6.45, 7) is 3.02. The molecular weight excluding hydrogens is 328 g/mol. The van der Waals surface area contributed by atoms with Crippen LogP contribution in [0.15, 0.2) is 15.9 Å². The van der Waals surface area contributed by atoms with E-state index < -0.39 is 0 Å². The third-order valence-electron chi connectivity index (χ3n) is 3.27. The summed E-state index contributed by atoms with van der Waals surface area (Å²) in [7, 11) is 1.66. The number of nitrogens with one attached hydrogen (secondary N) is 1. The molecule has 1 N–H and O–H groups in total. The molecule has 4 nitrogen and oxygen atoms in total. The van der Waals surface area contributed by atoms with Crippen molar-refractivity contribution in [3.63, 3.8) is 0 Å². The lowest BCUT2D eigenvalue weighted by Gasteiger charge is -2.25. The molecule has 1 fully saturated rings. The first-order chi connectivity index (χ1) is 9.22. The van der Waals surface area contributed by atoms with Crippen LogP contribution in [-0.4, -0.2) is 50.2 Å². The minimum absolute atomic E-state index is 0.0904. The van der Waals surface area contributed by atoms with Crippen molar-refractivity contribution in [1.29, 1.82) is 0 Å². The van der Waals surface area contributed by atoms with Crippen LogP contribution in [-0.2, 0) is 4.74 Å². The fourth-order valence-electron chi connectivity index (χ4n) is 2.25. The quantitative estimate of drug-likeness (QED) is 0.859. The molecule has 0 aliphatic carbocycles. The van der Waals surface area contributed by atoms with Crippen LogP contribution in [0.3, 0.4) is 0 Å². The number of nitrogens with zero attached hydrogens (tertiary/aromatic N) is 1. The highest BCUT2D eigenvalue weighted by Gasteiger charge is 2.24. The van der Waals surface area contributed by atoms with E-state index in [1.54, 1.807) is 7.11 Å². The number of methoxy groups -OCH3 is 1. The highest BCUT2D eigenvalue weighted by atomic mass is 79.9. The first-order valence-electron chi connectivity index (χ1n) is 6.47. The highest BCUT2D eigenvalue weighted by Crippen LogP contribution is 2.24. The predicted molar refractivity (Wildman–Crippen MR) is 80.8 cm³/mol. The molecule has 1 unspecified atom stereocenters. The lowest BCUT2D eigenvalue weighted by Crippen LogP contribution is -2.42. The molecule has 1 saturated heterocycles. The van der Waals surface area contributed by atoms with Gasteiger partial charge in [0, 0.05) is 30.7 Å². The Morgan fingerprint density at radius 3 is 3.11 bits per heavy atom. The van der Waals surface area contributed by atoms with Crippen molar-refractivity contribution < 1.29 is 9.53 Å². The fraction of sp³-hybridized carbons (Fsp3) is 0.615. The third kappa shape index (κ3) is 4.02. The van der Waals surface area contributed by atoms with Gasteiger partial charge in [0.15, 0.2) is 0 Å². The van der Waals surface area contributed by atoms with Gasteiger partial charge in [-0.1, -0.05) is 0 Å². The molecule has 1 aliphatic heterocycles. The predicted octanol–water partition coefficient (Wildman–Crippen LogP) is 2.35. The van der Waals surface area contributed by atoms with Gasteiger partial charge in [0.25, 0.3) is 5.91 Å². The number of hydrogen-bond acceptors (Lipinski definition) is 4. The van der Waals surface area contributed by atoms with Crippen LogP contribution in [0.2, 0.25) is 0 Å². The van der Waals surface area contributed by atoms with Crippen LogP contribution in [0.4, 0.5) is 0 Å². The highest BCUT2D eigenvalue weighted by molar-refractivity contribution is 9.10. The maximum atomic E-state index is 12.5. The lowest BCUT2D eigenvalue weighted by atomic mass is 10.2. The van der Waals surface area contributed by atoms with Crippen LogP contribution in [0.25, 0.3) is 0 Å². The standard InChI is InChI=1S/C13H19BrN2O2S/c1-18-7-6-16(9-10-3-2-5-15-10)13(17)12-11(14)4-8-19-12/h4,8,10,15H,2-3,5-7,9H2,1H3. The van der Waals surface area contributed by atoms with Gasteiger partial charge in [0.1, 0.15) is 4.88 Å². The first-order valence-corrected chi connectivity index (χ1v) is 8.14. The molecule has 1 aromatic rings. The van der Waals surface area contributed by atoms with Gasteiger partial charge >= 0.3 is 0 Å². The summed E-state index contributed by atoms with van der Waals surface area (Å²) in [6.07, 6.45) is 2.34. The summed E-state index contributed by atoms with van der Waals surface area (Å²) in [5.74, 6) is 0.0904. The second-order valence-electron chi connectivity index (χ2n) is 4.63. The molecule has 106 valence electrons. The van der Waals surface area contributed by atoms with Gasteiger partial charge in [-0.2, -0.15) is 0 Å².